The largest absolute Gasteiger partial charge is 0.480 e. The van der Waals surface area contributed by atoms with Crippen molar-refractivity contribution in [3.63, 3.8) is 0 Å². The number of nitrogens with one attached hydrogen (secondary N) is 3. The van der Waals surface area contributed by atoms with E-state index in [9.17, 15) is 24.8 Å². The second-order valence-corrected chi connectivity index (χ2v) is 4.56. The number of carboxylic acids is 1. The predicted octanol–water partition coefficient (Wildman–Crippen LogP) is 0.0750. The van der Waals surface area contributed by atoms with E-state index in [0.717, 1.165) is 5.12 Å². The van der Waals surface area contributed by atoms with Crippen molar-refractivity contribution in [1.82, 2.24) is 21.5 Å². The molecule has 124 valence electrons. The number of nitro benzene ring substituents is 1. The van der Waals surface area contributed by atoms with Crippen molar-refractivity contribution in [3.8, 4) is 0 Å². The molecule has 1 heterocycles. The Labute approximate surface area is 130 Å². The lowest BCUT2D eigenvalue weighted by atomic mass is 10.00. The van der Waals surface area contributed by atoms with Crippen molar-refractivity contribution in [1.29, 1.82) is 0 Å². The van der Waals surface area contributed by atoms with Crippen LogP contribution in [-0.2, 0) is 9.53 Å². The molecule has 11 heteroatoms. The number of aliphatic carboxylic acids is 1. The Kier molecular flexibility index (Phi) is 5.05. The molecule has 2 rings (SSSR count). The smallest absolute Gasteiger partial charge is 0.440 e. The van der Waals surface area contributed by atoms with Gasteiger partial charge in [-0.3, -0.25) is 14.9 Å². The first-order valence-corrected chi connectivity index (χ1v) is 6.65. The van der Waals surface area contributed by atoms with Crippen LogP contribution in [0.3, 0.4) is 0 Å². The van der Waals surface area contributed by atoms with Crippen LogP contribution in [0.2, 0.25) is 0 Å². The highest BCUT2D eigenvalue weighted by molar-refractivity contribution is 5.75. The Balaban J connectivity index is 2.23. The van der Waals surface area contributed by atoms with Crippen molar-refractivity contribution in [2.24, 2.45) is 0 Å². The molecule has 1 aliphatic rings. The van der Waals surface area contributed by atoms with Gasteiger partial charge in [-0.2, -0.15) is 5.12 Å². The Morgan fingerprint density at radius 1 is 1.39 bits per heavy atom. The fourth-order valence-corrected chi connectivity index (χ4v) is 2.02. The molecule has 2 unspecified atom stereocenters. The topological polar surface area (TPSA) is 146 Å². The number of amides is 1. The van der Waals surface area contributed by atoms with Crippen LogP contribution in [0.25, 0.3) is 0 Å². The highest BCUT2D eigenvalue weighted by Gasteiger charge is 2.37. The monoisotopic (exact) mass is 325 g/mol. The van der Waals surface area contributed by atoms with E-state index >= 15 is 0 Å². The van der Waals surface area contributed by atoms with Gasteiger partial charge in [0.25, 0.3) is 5.69 Å². The second kappa shape index (κ2) is 7.00. The third kappa shape index (κ3) is 3.71. The predicted molar refractivity (Wildman–Crippen MR) is 75.5 cm³/mol. The van der Waals surface area contributed by atoms with Gasteiger partial charge in [-0.25, -0.2) is 15.6 Å². The Bertz CT molecular complexity index is 606. The molecule has 1 amide bonds. The zero-order chi connectivity index (χ0) is 17.0. The number of nitrogens with zero attached hydrogens (tertiary/aromatic N) is 2. The van der Waals surface area contributed by atoms with Crippen LogP contribution in [0.4, 0.5) is 10.5 Å². The van der Waals surface area contributed by atoms with Crippen molar-refractivity contribution in [2.75, 3.05) is 6.61 Å². The van der Waals surface area contributed by atoms with E-state index < -0.39 is 29.1 Å². The minimum absolute atomic E-state index is 0.121. The summed E-state index contributed by atoms with van der Waals surface area (Å²) in [5.41, 5.74) is 7.84. The van der Waals surface area contributed by atoms with Crippen molar-refractivity contribution in [3.05, 3.63) is 39.9 Å². The van der Waals surface area contributed by atoms with Crippen LogP contribution in [0.5, 0.6) is 0 Å². The summed E-state index contributed by atoms with van der Waals surface area (Å²) in [6, 6.07) is 3.39. The van der Waals surface area contributed by atoms with E-state index in [-0.39, 0.29) is 12.3 Å². The average Bonchev–Trinajstić information content (AvgIpc) is 2.54. The molecule has 0 saturated carbocycles. The van der Waals surface area contributed by atoms with E-state index in [1.165, 1.54) is 24.3 Å². The van der Waals surface area contributed by atoms with E-state index in [2.05, 4.69) is 16.4 Å². The van der Waals surface area contributed by atoms with Gasteiger partial charge in [0.2, 0.25) is 0 Å². The van der Waals surface area contributed by atoms with Crippen LogP contribution >= 0.6 is 0 Å². The molecule has 4 N–H and O–H groups in total. The fourth-order valence-electron chi connectivity index (χ4n) is 2.02. The number of hydrogen-bond acceptors (Lipinski definition) is 8. The van der Waals surface area contributed by atoms with Gasteiger partial charge in [0.15, 0.2) is 0 Å². The fraction of sp³-hybridized carbons (Fsp3) is 0.333. The van der Waals surface area contributed by atoms with Gasteiger partial charge >= 0.3 is 12.1 Å². The number of hydrogen-bond donors (Lipinski definition) is 4. The van der Waals surface area contributed by atoms with Crippen molar-refractivity contribution in [2.45, 2.75) is 19.0 Å². The number of benzene rings is 1. The molecule has 0 radical (unpaired) electrons. The summed E-state index contributed by atoms with van der Waals surface area (Å²) in [7, 11) is 0. The summed E-state index contributed by atoms with van der Waals surface area (Å²) < 4.78 is 4.80. The van der Waals surface area contributed by atoms with Gasteiger partial charge in [-0.15, -0.1) is 5.53 Å². The van der Waals surface area contributed by atoms with Crippen LogP contribution in [0.1, 0.15) is 18.5 Å². The average molecular weight is 325 g/mol. The van der Waals surface area contributed by atoms with Crippen molar-refractivity contribution >= 4 is 17.7 Å². The molecule has 1 aromatic carbocycles. The normalized spacial score (nSPS) is 20.8. The first-order valence-electron chi connectivity index (χ1n) is 6.65. The molecule has 1 saturated heterocycles. The third-order valence-electron chi connectivity index (χ3n) is 3.11. The van der Waals surface area contributed by atoms with E-state index in [0.29, 0.717) is 5.56 Å². The lowest BCUT2D eigenvalue weighted by molar-refractivity contribution is -0.384. The Morgan fingerprint density at radius 3 is 2.57 bits per heavy atom. The van der Waals surface area contributed by atoms with Crippen LogP contribution in [0, 0.1) is 10.1 Å². The number of non-ortho nitro benzene ring substituents is 1. The van der Waals surface area contributed by atoms with Gasteiger partial charge in [0.1, 0.15) is 6.04 Å². The van der Waals surface area contributed by atoms with E-state index in [1.807, 2.05) is 0 Å². The SMILES string of the molecule is CCOC(=O)N1NNC(C(=O)O)C(c2ccc([N+](=O)[O-])cc2)N1. The van der Waals surface area contributed by atoms with Crippen LogP contribution < -0.4 is 16.4 Å². The maximum atomic E-state index is 11.7. The number of nitro groups is 1. The summed E-state index contributed by atoms with van der Waals surface area (Å²) in [6.07, 6.45) is -0.754. The molecule has 0 aromatic heterocycles. The van der Waals surface area contributed by atoms with Gasteiger partial charge in [-0.05, 0) is 12.5 Å². The summed E-state index contributed by atoms with van der Waals surface area (Å²) in [5, 5.41) is 20.8. The molecule has 1 aliphatic heterocycles. The van der Waals surface area contributed by atoms with E-state index in [4.69, 9.17) is 4.74 Å². The molecular formula is C12H15N5O6. The van der Waals surface area contributed by atoms with E-state index in [1.54, 1.807) is 6.92 Å². The molecule has 2 atom stereocenters. The number of carboxylic acid groups (broad SMARTS) is 1. The Morgan fingerprint density at radius 2 is 2.04 bits per heavy atom. The molecule has 1 fully saturated rings. The van der Waals surface area contributed by atoms with Crippen LogP contribution in [-0.4, -0.2) is 39.9 Å². The first-order chi connectivity index (χ1) is 10.9. The number of carbonyl (C=O) groups is 2. The molecule has 1 aromatic rings. The Hall–Kier alpha value is -2.76. The van der Waals surface area contributed by atoms with Gasteiger partial charge in [-0.1, -0.05) is 12.1 Å². The highest BCUT2D eigenvalue weighted by atomic mass is 16.6. The zero-order valence-electron chi connectivity index (χ0n) is 12.1. The number of ether oxygens (including phenoxy) is 1. The van der Waals surface area contributed by atoms with Crippen molar-refractivity contribution < 1.29 is 24.4 Å². The summed E-state index contributed by atoms with van der Waals surface area (Å²) in [4.78, 5) is 33.1. The zero-order valence-corrected chi connectivity index (χ0v) is 12.1. The molecule has 0 spiro atoms. The molecule has 11 nitrogen and oxygen atoms in total. The minimum atomic E-state index is -1.17. The maximum absolute atomic E-state index is 11.7. The number of hydrazine groups is 3. The maximum Gasteiger partial charge on any atom is 0.440 e. The highest BCUT2D eigenvalue weighted by Crippen LogP contribution is 2.22. The summed E-state index contributed by atoms with van der Waals surface area (Å²) >= 11 is 0. The minimum Gasteiger partial charge on any atom is -0.480 e. The van der Waals surface area contributed by atoms with Gasteiger partial charge in [0, 0.05) is 12.1 Å². The molecule has 23 heavy (non-hydrogen) atoms. The lowest BCUT2D eigenvalue weighted by Gasteiger charge is -2.37. The van der Waals surface area contributed by atoms with Crippen LogP contribution in [0.15, 0.2) is 24.3 Å². The second-order valence-electron chi connectivity index (χ2n) is 4.56. The summed E-state index contributed by atoms with van der Waals surface area (Å²) in [6.45, 7) is 1.77. The molecule has 0 bridgehead atoms. The number of rotatable bonds is 4. The number of carbonyl (C=O) groups excluding carboxylic acids is 1. The first kappa shape index (κ1) is 16.6. The lowest BCUT2D eigenvalue weighted by Crippen LogP contribution is -2.69. The summed E-state index contributed by atoms with van der Waals surface area (Å²) in [5.74, 6) is -1.17. The third-order valence-corrected chi connectivity index (χ3v) is 3.11. The quantitative estimate of drug-likeness (QED) is 0.446. The van der Waals surface area contributed by atoms with Gasteiger partial charge in [0.05, 0.1) is 17.6 Å². The standard InChI is InChI=1S/C12H15N5O6/c1-2-23-12(20)16-14-9(10(11(18)19)13-15-16)7-3-5-8(6-4-7)17(21)22/h3-6,9-10,13-15H,2H2,1H3,(H,18,19). The van der Waals surface area contributed by atoms with Gasteiger partial charge < -0.3 is 9.84 Å². The molecule has 0 aliphatic carbocycles. The molecular weight excluding hydrogens is 310 g/mol.